The highest BCUT2D eigenvalue weighted by atomic mass is 79.9. The van der Waals surface area contributed by atoms with Crippen molar-refractivity contribution in [3.05, 3.63) is 50.4 Å². The van der Waals surface area contributed by atoms with Crippen molar-refractivity contribution in [1.82, 2.24) is 10.3 Å². The van der Waals surface area contributed by atoms with Crippen molar-refractivity contribution >= 4 is 33.2 Å². The van der Waals surface area contributed by atoms with Gasteiger partial charge in [-0.3, -0.25) is 4.79 Å². The summed E-state index contributed by atoms with van der Waals surface area (Å²) in [7, 11) is 0. The largest absolute Gasteiger partial charge is 0.350 e. The van der Waals surface area contributed by atoms with E-state index in [1.54, 1.807) is 23.5 Å². The Kier molecular flexibility index (Phi) is 4.66. The average molecular weight is 336 g/mol. The molecule has 2 aromatic heterocycles. The smallest absolute Gasteiger partial charge is 0.269 e. The first-order chi connectivity index (χ1) is 9.19. The lowest BCUT2D eigenvalue weighted by Crippen LogP contribution is -2.26. The second kappa shape index (κ2) is 6.45. The second-order valence-corrected chi connectivity index (χ2v) is 5.69. The quantitative estimate of drug-likeness (QED) is 0.934. The number of nitrogens with one attached hydrogen (secondary N) is 1. The van der Waals surface area contributed by atoms with Gasteiger partial charge in [0.05, 0.1) is 5.56 Å². The van der Waals surface area contributed by atoms with Crippen LogP contribution in [0.15, 0.2) is 34.2 Å². The molecule has 0 atom stereocenters. The van der Waals surface area contributed by atoms with E-state index in [1.165, 1.54) is 11.1 Å². The summed E-state index contributed by atoms with van der Waals surface area (Å²) in [6, 6.07) is 7.13. The molecular formula is C13H10BrN3OS. The molecule has 0 saturated carbocycles. The molecule has 2 heterocycles. The standard InChI is InChI=1S/C13H10BrN3OS/c14-10-5-11(19-8-10)3-4-16-13(18)12-2-1-9(6-15)7-17-12/h1-2,5,7-8H,3-4H2,(H,16,18). The highest BCUT2D eigenvalue weighted by Crippen LogP contribution is 2.19. The van der Waals surface area contributed by atoms with Gasteiger partial charge < -0.3 is 5.32 Å². The average Bonchev–Trinajstić information content (AvgIpc) is 2.84. The number of thiophene rings is 1. The van der Waals surface area contributed by atoms with Gasteiger partial charge in [0.1, 0.15) is 11.8 Å². The fourth-order valence-corrected chi connectivity index (χ4v) is 2.92. The summed E-state index contributed by atoms with van der Waals surface area (Å²) < 4.78 is 1.06. The van der Waals surface area contributed by atoms with Gasteiger partial charge in [-0.1, -0.05) is 0 Å². The first-order valence-electron chi connectivity index (χ1n) is 5.56. The lowest BCUT2D eigenvalue weighted by molar-refractivity contribution is 0.0949. The van der Waals surface area contributed by atoms with Crippen molar-refractivity contribution in [1.29, 1.82) is 5.26 Å². The number of rotatable bonds is 4. The van der Waals surface area contributed by atoms with Crippen LogP contribution >= 0.6 is 27.3 Å². The lowest BCUT2D eigenvalue weighted by atomic mass is 10.2. The van der Waals surface area contributed by atoms with Crippen molar-refractivity contribution in [3.63, 3.8) is 0 Å². The molecule has 0 aliphatic rings. The van der Waals surface area contributed by atoms with Crippen LogP contribution in [-0.2, 0) is 6.42 Å². The van der Waals surface area contributed by atoms with Crippen molar-refractivity contribution in [2.75, 3.05) is 6.54 Å². The van der Waals surface area contributed by atoms with Crippen LogP contribution in [0.2, 0.25) is 0 Å². The fraction of sp³-hybridized carbons (Fsp3) is 0.154. The minimum Gasteiger partial charge on any atom is -0.350 e. The first kappa shape index (κ1) is 13.7. The number of carbonyl (C=O) groups is 1. The van der Waals surface area contributed by atoms with E-state index in [0.717, 1.165) is 10.9 Å². The Morgan fingerprint density at radius 2 is 2.37 bits per heavy atom. The Morgan fingerprint density at radius 3 is 2.95 bits per heavy atom. The van der Waals surface area contributed by atoms with E-state index >= 15 is 0 Å². The van der Waals surface area contributed by atoms with Gasteiger partial charge in [-0.15, -0.1) is 11.3 Å². The predicted octanol–water partition coefficient (Wildman–Crippen LogP) is 2.75. The molecule has 0 aliphatic carbocycles. The summed E-state index contributed by atoms with van der Waals surface area (Å²) in [6.07, 6.45) is 2.18. The minimum atomic E-state index is -0.222. The van der Waals surface area contributed by atoms with Crippen molar-refractivity contribution < 1.29 is 4.79 Å². The van der Waals surface area contributed by atoms with E-state index in [4.69, 9.17) is 5.26 Å². The zero-order chi connectivity index (χ0) is 13.7. The number of hydrogen-bond donors (Lipinski definition) is 1. The number of amides is 1. The summed E-state index contributed by atoms with van der Waals surface area (Å²) in [5, 5.41) is 13.5. The molecule has 19 heavy (non-hydrogen) atoms. The maximum atomic E-state index is 11.8. The van der Waals surface area contributed by atoms with Crippen LogP contribution in [0.3, 0.4) is 0 Å². The molecule has 1 amide bonds. The molecule has 0 fully saturated rings. The molecule has 0 radical (unpaired) electrons. The van der Waals surface area contributed by atoms with Crippen molar-refractivity contribution in [2.45, 2.75) is 6.42 Å². The highest BCUT2D eigenvalue weighted by molar-refractivity contribution is 9.10. The Labute approximate surface area is 123 Å². The van der Waals surface area contributed by atoms with Gasteiger partial charge in [-0.2, -0.15) is 5.26 Å². The maximum absolute atomic E-state index is 11.8. The SMILES string of the molecule is N#Cc1ccc(C(=O)NCCc2cc(Br)cs2)nc1. The number of nitriles is 1. The molecule has 0 bridgehead atoms. The topological polar surface area (TPSA) is 65.8 Å². The van der Waals surface area contributed by atoms with Crippen molar-refractivity contribution in [3.8, 4) is 6.07 Å². The van der Waals surface area contributed by atoms with Crippen LogP contribution in [0.5, 0.6) is 0 Å². The van der Waals surface area contributed by atoms with E-state index < -0.39 is 0 Å². The summed E-state index contributed by atoms with van der Waals surface area (Å²) in [5.74, 6) is -0.222. The molecule has 0 saturated heterocycles. The fourth-order valence-electron chi connectivity index (χ4n) is 1.47. The summed E-state index contributed by atoms with van der Waals surface area (Å²) in [4.78, 5) is 16.9. The first-order valence-corrected chi connectivity index (χ1v) is 7.23. The van der Waals surface area contributed by atoms with Crippen LogP contribution in [0.1, 0.15) is 20.9 Å². The van der Waals surface area contributed by atoms with Crippen LogP contribution in [0.4, 0.5) is 0 Å². The van der Waals surface area contributed by atoms with Crippen LogP contribution in [-0.4, -0.2) is 17.4 Å². The predicted molar refractivity (Wildman–Crippen MR) is 77.0 cm³/mol. The van der Waals surface area contributed by atoms with Gasteiger partial charge in [0, 0.05) is 27.5 Å². The summed E-state index contributed by atoms with van der Waals surface area (Å²) >= 11 is 5.04. The van der Waals surface area contributed by atoms with E-state index in [-0.39, 0.29) is 5.91 Å². The maximum Gasteiger partial charge on any atom is 0.269 e. The number of carbonyl (C=O) groups excluding carboxylic acids is 1. The van der Waals surface area contributed by atoms with Gasteiger partial charge in [-0.05, 0) is 40.5 Å². The molecule has 0 spiro atoms. The summed E-state index contributed by atoms with van der Waals surface area (Å²) in [5.41, 5.74) is 0.770. The van der Waals surface area contributed by atoms with E-state index in [2.05, 4.69) is 26.2 Å². The molecular weight excluding hydrogens is 326 g/mol. The van der Waals surface area contributed by atoms with Crippen molar-refractivity contribution in [2.24, 2.45) is 0 Å². The number of hydrogen-bond acceptors (Lipinski definition) is 4. The van der Waals surface area contributed by atoms with E-state index in [0.29, 0.717) is 17.8 Å². The molecule has 0 unspecified atom stereocenters. The monoisotopic (exact) mass is 335 g/mol. The van der Waals surface area contributed by atoms with E-state index in [1.807, 2.05) is 17.5 Å². The van der Waals surface area contributed by atoms with Gasteiger partial charge in [0.25, 0.3) is 5.91 Å². The number of aromatic nitrogens is 1. The van der Waals surface area contributed by atoms with Crippen LogP contribution < -0.4 is 5.32 Å². The Bertz CT molecular complexity index is 616. The third kappa shape index (κ3) is 3.88. The van der Waals surface area contributed by atoms with Gasteiger partial charge in [0.15, 0.2) is 0 Å². The molecule has 4 nitrogen and oxygen atoms in total. The Morgan fingerprint density at radius 1 is 1.53 bits per heavy atom. The molecule has 0 aliphatic heterocycles. The molecule has 2 aromatic rings. The molecule has 1 N–H and O–H groups in total. The van der Waals surface area contributed by atoms with Gasteiger partial charge in [-0.25, -0.2) is 4.98 Å². The van der Waals surface area contributed by atoms with Crippen LogP contribution in [0.25, 0.3) is 0 Å². The zero-order valence-electron chi connectivity index (χ0n) is 9.89. The van der Waals surface area contributed by atoms with Gasteiger partial charge >= 0.3 is 0 Å². The van der Waals surface area contributed by atoms with Crippen LogP contribution in [0, 0.1) is 11.3 Å². The normalized spacial score (nSPS) is 9.89. The highest BCUT2D eigenvalue weighted by Gasteiger charge is 2.06. The number of nitrogens with zero attached hydrogens (tertiary/aromatic N) is 2. The molecule has 6 heteroatoms. The second-order valence-electron chi connectivity index (χ2n) is 3.78. The molecule has 96 valence electrons. The Hall–Kier alpha value is -1.71. The third-order valence-corrected chi connectivity index (χ3v) is 4.16. The lowest BCUT2D eigenvalue weighted by Gasteiger charge is -2.03. The zero-order valence-corrected chi connectivity index (χ0v) is 12.3. The number of halogens is 1. The molecule has 0 aromatic carbocycles. The number of pyridine rings is 1. The van der Waals surface area contributed by atoms with E-state index in [9.17, 15) is 4.79 Å². The minimum absolute atomic E-state index is 0.222. The summed E-state index contributed by atoms with van der Waals surface area (Å²) in [6.45, 7) is 0.563. The molecule has 2 rings (SSSR count). The Balaban J connectivity index is 1.85. The third-order valence-electron chi connectivity index (χ3n) is 2.40. The van der Waals surface area contributed by atoms with Gasteiger partial charge in [0.2, 0.25) is 0 Å².